The molecule has 5 aromatic rings. The normalized spacial score (nSPS) is 12.7. The number of hydrogen-bond donors (Lipinski definition) is 0. The number of hydrogen-bond acceptors (Lipinski definition) is 6. The average Bonchev–Trinajstić information content (AvgIpc) is 3.14. The Bertz CT molecular complexity index is 2250. The first-order valence-electron chi connectivity index (χ1n) is 16.2. The molecule has 0 aliphatic carbocycles. The fraction of sp³-hybridized carbons (Fsp3) is 0.200. The van der Waals surface area contributed by atoms with Gasteiger partial charge < -0.3 is 28.4 Å². The van der Waals surface area contributed by atoms with Gasteiger partial charge in [-0.1, -0.05) is 0 Å². The van der Waals surface area contributed by atoms with E-state index in [0.717, 1.165) is 4.57 Å². The Morgan fingerprint density at radius 2 is 0.963 bits per heavy atom. The fourth-order valence-corrected chi connectivity index (χ4v) is 6.10. The molecule has 14 heteroatoms. The summed E-state index contributed by atoms with van der Waals surface area (Å²) in [6.07, 6.45) is 0.449. The van der Waals surface area contributed by atoms with Crippen LogP contribution in [0.2, 0.25) is 0 Å². The summed E-state index contributed by atoms with van der Waals surface area (Å²) in [4.78, 5) is 25.5. The van der Waals surface area contributed by atoms with Crippen molar-refractivity contribution in [3.05, 3.63) is 129 Å². The molecular formula is C40H34F6N2O6. The lowest BCUT2D eigenvalue weighted by atomic mass is 9.91. The number of carbonyl (C=O) groups is 1. The van der Waals surface area contributed by atoms with E-state index in [1.54, 1.807) is 36.4 Å². The van der Waals surface area contributed by atoms with Gasteiger partial charge in [0.15, 0.2) is 0 Å². The number of halogens is 6. The van der Waals surface area contributed by atoms with Crippen molar-refractivity contribution in [2.24, 2.45) is 7.05 Å². The minimum atomic E-state index is -1.11. The van der Waals surface area contributed by atoms with Crippen LogP contribution in [0.3, 0.4) is 0 Å². The highest BCUT2D eigenvalue weighted by atomic mass is 19.2. The monoisotopic (exact) mass is 752 g/mol. The maximum Gasteiger partial charge on any atom is 0.250 e. The zero-order valence-corrected chi connectivity index (χ0v) is 30.0. The van der Waals surface area contributed by atoms with E-state index >= 15 is 0 Å². The number of ether oxygens (including phenoxy) is 4. The first-order valence-corrected chi connectivity index (χ1v) is 16.2. The van der Waals surface area contributed by atoms with Gasteiger partial charge in [-0.05, 0) is 53.5 Å². The topological polar surface area (TPSA) is 79.2 Å². The molecule has 0 radical (unpaired) electrons. The largest absolute Gasteiger partial charge is 0.497 e. The zero-order valence-electron chi connectivity index (χ0n) is 30.0. The van der Waals surface area contributed by atoms with Crippen LogP contribution in [-0.4, -0.2) is 50.9 Å². The summed E-state index contributed by atoms with van der Waals surface area (Å²) in [5.74, 6) is -4.79. The number of benzene rings is 4. The maximum absolute atomic E-state index is 14.5. The predicted octanol–water partition coefficient (Wildman–Crippen LogP) is 8.40. The molecule has 0 saturated carbocycles. The van der Waals surface area contributed by atoms with Crippen LogP contribution in [0.15, 0.2) is 77.6 Å². The van der Waals surface area contributed by atoms with Crippen molar-refractivity contribution >= 4 is 17.2 Å². The molecular weight excluding hydrogens is 718 g/mol. The van der Waals surface area contributed by atoms with Gasteiger partial charge in [0.2, 0.25) is 5.91 Å². The van der Waals surface area contributed by atoms with Crippen molar-refractivity contribution in [2.75, 3.05) is 35.5 Å². The van der Waals surface area contributed by atoms with Gasteiger partial charge in [0.25, 0.3) is 5.56 Å². The summed E-state index contributed by atoms with van der Waals surface area (Å²) in [5.41, 5.74) is 0.661. The Kier molecular flexibility index (Phi) is 11.7. The van der Waals surface area contributed by atoms with Crippen LogP contribution in [0.1, 0.15) is 24.0 Å². The summed E-state index contributed by atoms with van der Waals surface area (Å²) in [5, 5.41) is 0. The van der Waals surface area contributed by atoms with E-state index in [9.17, 15) is 35.9 Å². The second-order valence-corrected chi connectivity index (χ2v) is 12.0. The number of methoxy groups -OCH3 is 4. The Hall–Kier alpha value is -6.18. The molecule has 1 aromatic heterocycles. The predicted molar refractivity (Wildman–Crippen MR) is 190 cm³/mol. The lowest BCUT2D eigenvalue weighted by molar-refractivity contribution is -0.127. The van der Waals surface area contributed by atoms with E-state index < -0.39 is 51.6 Å². The molecule has 0 unspecified atom stereocenters. The van der Waals surface area contributed by atoms with Crippen LogP contribution in [-0.2, 0) is 11.8 Å². The molecule has 0 bridgehead atoms. The number of allylic oxidation sites excluding steroid dienone is 1. The van der Waals surface area contributed by atoms with Gasteiger partial charge in [0.1, 0.15) is 57.9 Å². The van der Waals surface area contributed by atoms with Gasteiger partial charge in [-0.2, -0.15) is 0 Å². The van der Waals surface area contributed by atoms with E-state index in [-0.39, 0.29) is 30.1 Å². The Morgan fingerprint density at radius 1 is 0.537 bits per heavy atom. The van der Waals surface area contributed by atoms with E-state index in [1.807, 2.05) is 0 Å². The SMILES string of the molecule is COc1cc(OC)cc(-c2ccc(=O)n(C)c2-c2c(F)cc(F)cc2F)c1.COc1cc(OC)cc(C2=C(c3c(F)cc(F)cc3F)N(C)C(=O)CC2)c1. The van der Waals surface area contributed by atoms with Gasteiger partial charge in [0, 0.05) is 68.5 Å². The number of amides is 1. The summed E-state index contributed by atoms with van der Waals surface area (Å²) >= 11 is 0. The van der Waals surface area contributed by atoms with Crippen LogP contribution in [0, 0.1) is 34.9 Å². The molecule has 0 atom stereocenters. The molecule has 1 aliphatic rings. The Labute approximate surface area is 306 Å². The molecule has 8 nitrogen and oxygen atoms in total. The third-order valence-electron chi connectivity index (χ3n) is 8.75. The summed E-state index contributed by atoms with van der Waals surface area (Å²) in [6, 6.07) is 15.1. The van der Waals surface area contributed by atoms with Crippen molar-refractivity contribution in [3.63, 3.8) is 0 Å². The summed E-state index contributed by atoms with van der Waals surface area (Å²) < 4.78 is 107. The molecule has 0 fully saturated rings. The molecule has 2 heterocycles. The van der Waals surface area contributed by atoms with Gasteiger partial charge in [0.05, 0.1) is 51.0 Å². The highest BCUT2D eigenvalue weighted by molar-refractivity contribution is 6.01. The first-order chi connectivity index (χ1) is 25.7. The van der Waals surface area contributed by atoms with Crippen LogP contribution < -0.4 is 24.5 Å². The molecule has 0 N–H and O–H groups in total. The summed E-state index contributed by atoms with van der Waals surface area (Å²) in [6.45, 7) is 0. The lowest BCUT2D eigenvalue weighted by Gasteiger charge is -2.30. The summed E-state index contributed by atoms with van der Waals surface area (Å²) in [7, 11) is 8.75. The molecule has 1 aliphatic heterocycles. The van der Waals surface area contributed by atoms with Gasteiger partial charge in [-0.25, -0.2) is 26.3 Å². The van der Waals surface area contributed by atoms with Crippen molar-refractivity contribution in [1.82, 2.24) is 9.47 Å². The van der Waals surface area contributed by atoms with Crippen molar-refractivity contribution in [1.29, 1.82) is 0 Å². The van der Waals surface area contributed by atoms with Crippen LogP contribution in [0.25, 0.3) is 33.7 Å². The molecule has 54 heavy (non-hydrogen) atoms. The molecule has 0 saturated heterocycles. The van der Waals surface area contributed by atoms with Crippen molar-refractivity contribution in [2.45, 2.75) is 12.8 Å². The molecule has 0 spiro atoms. The van der Waals surface area contributed by atoms with E-state index in [1.165, 1.54) is 59.6 Å². The maximum atomic E-state index is 14.5. The number of pyridine rings is 1. The highest BCUT2D eigenvalue weighted by Crippen LogP contribution is 2.41. The van der Waals surface area contributed by atoms with Crippen LogP contribution in [0.5, 0.6) is 23.0 Å². The molecule has 1 amide bonds. The zero-order chi connectivity index (χ0) is 39.4. The van der Waals surface area contributed by atoms with E-state index in [4.69, 9.17) is 18.9 Å². The van der Waals surface area contributed by atoms with E-state index in [2.05, 4.69) is 0 Å². The third kappa shape index (κ3) is 7.92. The molecule has 6 rings (SSSR count). The second kappa shape index (κ2) is 16.2. The second-order valence-electron chi connectivity index (χ2n) is 12.0. The number of aromatic nitrogens is 1. The molecule has 282 valence electrons. The average molecular weight is 753 g/mol. The fourth-order valence-electron chi connectivity index (χ4n) is 6.10. The molecule has 4 aromatic carbocycles. The van der Waals surface area contributed by atoms with Crippen LogP contribution in [0.4, 0.5) is 26.3 Å². The van der Waals surface area contributed by atoms with Crippen molar-refractivity contribution in [3.8, 4) is 45.4 Å². The van der Waals surface area contributed by atoms with Gasteiger partial charge >= 0.3 is 0 Å². The standard InChI is InChI=1S/C20H18F3NO3.C20H16F3NO3/c2*1-24-18(25)5-4-15(11-6-13(26-2)10-14(7-11)27-3)20(24)19-16(22)8-12(21)9-17(19)23/h6-10H,4-5H2,1-3H3;4-10H,1-3H3. The highest BCUT2D eigenvalue weighted by Gasteiger charge is 2.30. The third-order valence-corrected chi connectivity index (χ3v) is 8.75. The van der Waals surface area contributed by atoms with Crippen molar-refractivity contribution < 1.29 is 50.1 Å². The Balaban J connectivity index is 0.000000208. The number of rotatable bonds is 8. The minimum absolute atomic E-state index is 0.0205. The quantitative estimate of drug-likeness (QED) is 0.148. The van der Waals surface area contributed by atoms with Gasteiger partial charge in [-0.3, -0.25) is 9.59 Å². The van der Waals surface area contributed by atoms with Gasteiger partial charge in [-0.15, -0.1) is 0 Å². The van der Waals surface area contributed by atoms with Crippen LogP contribution >= 0.6 is 0 Å². The van der Waals surface area contributed by atoms with E-state index in [0.29, 0.717) is 69.5 Å². The lowest BCUT2D eigenvalue weighted by Crippen LogP contribution is -2.30. The number of nitrogens with zero attached hydrogens (tertiary/aromatic N) is 2. The minimum Gasteiger partial charge on any atom is -0.497 e. The Morgan fingerprint density at radius 3 is 1.41 bits per heavy atom. The first kappa shape index (κ1) is 39.0. The number of carbonyl (C=O) groups excluding carboxylic acids is 1. The smallest absolute Gasteiger partial charge is 0.250 e.